The number of hydrogen-bond donors (Lipinski definition) is 1. The van der Waals surface area contributed by atoms with E-state index >= 15 is 0 Å². The third-order valence-corrected chi connectivity index (χ3v) is 3.71. The number of carbonyl (C=O) groups excluding carboxylic acids is 2. The summed E-state index contributed by atoms with van der Waals surface area (Å²) in [5, 5.41) is 9.58. The van der Waals surface area contributed by atoms with Crippen molar-refractivity contribution < 1.29 is 14.8 Å². The van der Waals surface area contributed by atoms with Crippen LogP contribution in [0.5, 0.6) is 0 Å². The van der Waals surface area contributed by atoms with E-state index < -0.39 is 17.7 Å². The standard InChI is InChI=1S/C14H24N4O3/c1-4-15-10-16-12(7-8-17(5-2)6-3)11-9-13(19)18(21)14(11)20/h11-12,21H,4-9H2,1-3H3. The lowest BCUT2D eigenvalue weighted by Gasteiger charge is -2.22. The van der Waals surface area contributed by atoms with Crippen molar-refractivity contribution in [3.05, 3.63) is 0 Å². The van der Waals surface area contributed by atoms with Crippen molar-refractivity contribution in [2.75, 3.05) is 26.2 Å². The van der Waals surface area contributed by atoms with Crippen molar-refractivity contribution in [2.45, 2.75) is 39.7 Å². The molecule has 1 aliphatic rings. The maximum atomic E-state index is 11.9. The zero-order valence-electron chi connectivity index (χ0n) is 12.9. The van der Waals surface area contributed by atoms with Crippen molar-refractivity contribution in [3.8, 4) is 0 Å². The highest BCUT2D eigenvalue weighted by Gasteiger charge is 2.42. The fourth-order valence-electron chi connectivity index (χ4n) is 2.34. The molecule has 0 radical (unpaired) electrons. The maximum Gasteiger partial charge on any atom is 0.259 e. The van der Waals surface area contributed by atoms with Crippen LogP contribution in [-0.4, -0.2) is 65.2 Å². The molecule has 0 aliphatic carbocycles. The van der Waals surface area contributed by atoms with E-state index in [9.17, 15) is 14.8 Å². The summed E-state index contributed by atoms with van der Waals surface area (Å²) in [4.78, 5) is 33.7. The second kappa shape index (κ2) is 8.67. The topological polar surface area (TPSA) is 85.6 Å². The largest absolute Gasteiger partial charge is 0.304 e. The predicted octanol–water partition coefficient (Wildman–Crippen LogP) is 1.04. The first kappa shape index (κ1) is 17.5. The van der Waals surface area contributed by atoms with Crippen molar-refractivity contribution in [1.29, 1.82) is 0 Å². The van der Waals surface area contributed by atoms with Crippen molar-refractivity contribution >= 4 is 17.8 Å². The third kappa shape index (κ3) is 4.74. The molecule has 0 aromatic carbocycles. The molecule has 2 amide bonds. The Morgan fingerprint density at radius 3 is 2.52 bits per heavy atom. The van der Waals surface area contributed by atoms with Crippen molar-refractivity contribution in [2.24, 2.45) is 15.9 Å². The van der Waals surface area contributed by atoms with Crippen LogP contribution in [0, 0.1) is 5.92 Å². The number of hydroxylamine groups is 2. The fourth-order valence-corrected chi connectivity index (χ4v) is 2.34. The Kier molecular flexibility index (Phi) is 7.22. The van der Waals surface area contributed by atoms with E-state index in [1.165, 1.54) is 0 Å². The van der Waals surface area contributed by atoms with Gasteiger partial charge in [-0.3, -0.25) is 14.8 Å². The lowest BCUT2D eigenvalue weighted by molar-refractivity contribution is -0.172. The zero-order valence-corrected chi connectivity index (χ0v) is 12.9. The van der Waals surface area contributed by atoms with Crippen LogP contribution < -0.4 is 0 Å². The highest BCUT2D eigenvalue weighted by Crippen LogP contribution is 2.25. The van der Waals surface area contributed by atoms with Gasteiger partial charge >= 0.3 is 0 Å². The Labute approximate surface area is 125 Å². The van der Waals surface area contributed by atoms with Gasteiger partial charge < -0.3 is 4.90 Å². The van der Waals surface area contributed by atoms with Crippen LogP contribution in [0.15, 0.2) is 9.98 Å². The molecule has 2 atom stereocenters. The number of nitrogens with zero attached hydrogens (tertiary/aromatic N) is 4. The van der Waals surface area contributed by atoms with Gasteiger partial charge in [-0.25, -0.2) is 9.98 Å². The molecule has 0 spiro atoms. The summed E-state index contributed by atoms with van der Waals surface area (Å²) >= 11 is 0. The molecule has 1 aliphatic heterocycles. The molecule has 2 unspecified atom stereocenters. The van der Waals surface area contributed by atoms with Gasteiger partial charge in [0.05, 0.1) is 18.0 Å². The summed E-state index contributed by atoms with van der Waals surface area (Å²) in [7, 11) is 0. The van der Waals surface area contributed by atoms with Gasteiger partial charge in [0.2, 0.25) is 0 Å². The predicted molar refractivity (Wildman–Crippen MR) is 78.3 cm³/mol. The van der Waals surface area contributed by atoms with E-state index in [2.05, 4.69) is 34.7 Å². The van der Waals surface area contributed by atoms with Crippen LogP contribution in [0.4, 0.5) is 0 Å². The summed E-state index contributed by atoms with van der Waals surface area (Å²) in [5.74, 6) is -1.76. The van der Waals surface area contributed by atoms with E-state index in [-0.39, 0.29) is 17.5 Å². The molecule has 1 fully saturated rings. The monoisotopic (exact) mass is 296 g/mol. The normalized spacial score (nSPS) is 19.9. The van der Waals surface area contributed by atoms with Gasteiger partial charge in [-0.15, -0.1) is 0 Å². The van der Waals surface area contributed by atoms with Gasteiger partial charge in [-0.1, -0.05) is 13.8 Å². The Hall–Kier alpha value is -1.56. The van der Waals surface area contributed by atoms with Crippen LogP contribution in [0.1, 0.15) is 33.6 Å². The molecule has 7 heteroatoms. The fraction of sp³-hybridized carbons (Fsp3) is 0.786. The average molecular weight is 296 g/mol. The number of imide groups is 1. The SMILES string of the molecule is CCN=C=NC(CCN(CC)CC)C1CC(=O)N(O)C1=O. The van der Waals surface area contributed by atoms with Gasteiger partial charge in [0.1, 0.15) is 0 Å². The molecule has 0 saturated carbocycles. The number of rotatable bonds is 8. The third-order valence-electron chi connectivity index (χ3n) is 3.71. The lowest BCUT2D eigenvalue weighted by Crippen LogP contribution is -2.33. The van der Waals surface area contributed by atoms with E-state index in [1.54, 1.807) is 0 Å². The first-order valence-electron chi connectivity index (χ1n) is 7.44. The molecule has 118 valence electrons. The Morgan fingerprint density at radius 1 is 1.38 bits per heavy atom. The molecule has 0 aromatic heterocycles. The van der Waals surface area contributed by atoms with Gasteiger partial charge in [-0.05, 0) is 26.4 Å². The quantitative estimate of drug-likeness (QED) is 0.412. The van der Waals surface area contributed by atoms with E-state index in [0.717, 1.165) is 19.6 Å². The minimum Gasteiger partial charge on any atom is -0.304 e. The van der Waals surface area contributed by atoms with Crippen LogP contribution in [0.2, 0.25) is 0 Å². The molecule has 21 heavy (non-hydrogen) atoms. The van der Waals surface area contributed by atoms with Gasteiger partial charge in [-0.2, -0.15) is 5.06 Å². The molecule has 1 heterocycles. The van der Waals surface area contributed by atoms with E-state index in [1.807, 2.05) is 6.92 Å². The second-order valence-electron chi connectivity index (χ2n) is 4.94. The first-order chi connectivity index (χ1) is 10.0. The summed E-state index contributed by atoms with van der Waals surface area (Å²) in [6.07, 6.45) is 0.626. The zero-order chi connectivity index (χ0) is 15.8. The number of aliphatic imine (C=N–C) groups is 2. The maximum absolute atomic E-state index is 11.9. The number of carbonyl (C=O) groups is 2. The Morgan fingerprint density at radius 2 is 2.05 bits per heavy atom. The molecule has 1 N–H and O–H groups in total. The van der Waals surface area contributed by atoms with Gasteiger partial charge in [0.15, 0.2) is 0 Å². The van der Waals surface area contributed by atoms with Crippen LogP contribution in [0.25, 0.3) is 0 Å². The first-order valence-corrected chi connectivity index (χ1v) is 7.44. The van der Waals surface area contributed by atoms with Crippen molar-refractivity contribution in [1.82, 2.24) is 9.96 Å². The number of hydrogen-bond acceptors (Lipinski definition) is 6. The Balaban J connectivity index is 2.80. The Bertz CT molecular complexity index is 428. The molecule has 1 rings (SSSR count). The molecular weight excluding hydrogens is 272 g/mol. The van der Waals surface area contributed by atoms with Gasteiger partial charge in [0.25, 0.3) is 11.8 Å². The summed E-state index contributed by atoms with van der Waals surface area (Å²) in [6.45, 7) is 9.18. The molecule has 0 bridgehead atoms. The van der Waals surface area contributed by atoms with E-state index in [4.69, 9.17) is 0 Å². The van der Waals surface area contributed by atoms with Crippen molar-refractivity contribution in [3.63, 3.8) is 0 Å². The van der Waals surface area contributed by atoms with Crippen LogP contribution >= 0.6 is 0 Å². The van der Waals surface area contributed by atoms with Crippen LogP contribution in [-0.2, 0) is 9.59 Å². The highest BCUT2D eigenvalue weighted by molar-refractivity contribution is 6.02. The van der Waals surface area contributed by atoms with E-state index in [0.29, 0.717) is 13.0 Å². The lowest BCUT2D eigenvalue weighted by atomic mass is 9.95. The summed E-state index contributed by atoms with van der Waals surface area (Å²) < 4.78 is 0. The molecule has 0 aromatic rings. The summed E-state index contributed by atoms with van der Waals surface area (Å²) in [6, 6.07) is 2.21. The molecule has 7 nitrogen and oxygen atoms in total. The molecule has 1 saturated heterocycles. The highest BCUT2D eigenvalue weighted by atomic mass is 16.5. The number of amides is 2. The smallest absolute Gasteiger partial charge is 0.259 e. The average Bonchev–Trinajstić information content (AvgIpc) is 2.74. The summed E-state index contributed by atoms with van der Waals surface area (Å²) in [5.41, 5.74) is 0. The second-order valence-corrected chi connectivity index (χ2v) is 4.94. The van der Waals surface area contributed by atoms with Crippen LogP contribution in [0.3, 0.4) is 0 Å². The van der Waals surface area contributed by atoms with Gasteiger partial charge in [0, 0.05) is 19.5 Å². The minimum atomic E-state index is -0.613. The molecular formula is C14H24N4O3. The minimum absolute atomic E-state index is 0.00441.